The molecule has 0 N–H and O–H groups in total. The first kappa shape index (κ1) is 31.9. The van der Waals surface area contributed by atoms with E-state index in [2.05, 4.69) is 4.98 Å². The van der Waals surface area contributed by atoms with E-state index in [0.29, 0.717) is 50.6 Å². The fourth-order valence-electron chi connectivity index (χ4n) is 5.16. The first-order chi connectivity index (χ1) is 20.8. The van der Waals surface area contributed by atoms with Gasteiger partial charge in [-0.2, -0.15) is 13.2 Å². The molecule has 0 saturated heterocycles. The Balaban J connectivity index is 1.82. The standard InChI is InChI=1S/C34H40F3N3O3/c1-5-8-19-40-30(32(34(35,36)37)38-33(40)29-17-9-10-18-31(29)41-4)24-39(22-25-13-11-15-27(20-25)42-6-2)23-26-14-12-16-28(21-26)43-7-3/h9-18,20-21H,5-8,19,22-24H2,1-4H3. The lowest BCUT2D eigenvalue weighted by atomic mass is 10.1. The van der Waals surface area contributed by atoms with Crippen LogP contribution in [0.1, 0.15) is 56.1 Å². The zero-order chi connectivity index (χ0) is 30.8. The first-order valence-corrected chi connectivity index (χ1v) is 14.7. The molecule has 0 atom stereocenters. The number of nitrogens with zero attached hydrogens (tertiary/aromatic N) is 3. The average molecular weight is 596 g/mol. The highest BCUT2D eigenvalue weighted by Gasteiger charge is 2.39. The number of hydrogen-bond donors (Lipinski definition) is 0. The number of halogens is 3. The van der Waals surface area contributed by atoms with Gasteiger partial charge in [0.15, 0.2) is 5.69 Å². The van der Waals surface area contributed by atoms with Crippen LogP contribution < -0.4 is 14.2 Å². The van der Waals surface area contributed by atoms with Gasteiger partial charge in [-0.25, -0.2) is 4.98 Å². The maximum Gasteiger partial charge on any atom is 0.435 e. The van der Waals surface area contributed by atoms with Gasteiger partial charge in [0.05, 0.1) is 31.6 Å². The smallest absolute Gasteiger partial charge is 0.435 e. The molecule has 0 amide bonds. The van der Waals surface area contributed by atoms with Crippen molar-refractivity contribution in [3.8, 4) is 28.6 Å². The number of rotatable bonds is 15. The zero-order valence-electron chi connectivity index (χ0n) is 25.3. The van der Waals surface area contributed by atoms with Gasteiger partial charge in [0.2, 0.25) is 0 Å². The Morgan fingerprint density at radius 3 is 1.93 bits per heavy atom. The van der Waals surface area contributed by atoms with Crippen LogP contribution in [-0.2, 0) is 32.4 Å². The van der Waals surface area contributed by atoms with Gasteiger partial charge < -0.3 is 18.8 Å². The van der Waals surface area contributed by atoms with Gasteiger partial charge in [-0.3, -0.25) is 4.90 Å². The Hall–Kier alpha value is -3.98. The van der Waals surface area contributed by atoms with Crippen LogP contribution >= 0.6 is 0 Å². The maximum atomic E-state index is 14.7. The second-order valence-electron chi connectivity index (χ2n) is 10.2. The summed E-state index contributed by atoms with van der Waals surface area (Å²) in [6, 6.07) is 22.4. The van der Waals surface area contributed by atoms with Crippen molar-refractivity contribution < 1.29 is 27.4 Å². The molecule has 1 heterocycles. The molecule has 0 bridgehead atoms. The molecule has 6 nitrogen and oxygen atoms in total. The molecular formula is C34H40F3N3O3. The number of methoxy groups -OCH3 is 1. The van der Waals surface area contributed by atoms with E-state index < -0.39 is 11.9 Å². The molecule has 0 aliphatic heterocycles. The summed E-state index contributed by atoms with van der Waals surface area (Å²) >= 11 is 0. The number of unbranched alkanes of at least 4 members (excludes halogenated alkanes) is 1. The monoisotopic (exact) mass is 595 g/mol. The normalized spacial score (nSPS) is 11.6. The summed E-state index contributed by atoms with van der Waals surface area (Å²) in [5.41, 5.74) is 1.65. The third-order valence-electron chi connectivity index (χ3n) is 7.03. The van der Waals surface area contributed by atoms with E-state index in [1.807, 2.05) is 74.2 Å². The fourth-order valence-corrected chi connectivity index (χ4v) is 5.16. The highest BCUT2D eigenvalue weighted by atomic mass is 19.4. The molecule has 4 rings (SSSR count). The minimum atomic E-state index is -4.64. The molecule has 230 valence electrons. The topological polar surface area (TPSA) is 48.8 Å². The van der Waals surface area contributed by atoms with Gasteiger partial charge in [0.1, 0.15) is 23.1 Å². The molecule has 9 heteroatoms. The van der Waals surface area contributed by atoms with Crippen LogP contribution in [0.25, 0.3) is 11.4 Å². The van der Waals surface area contributed by atoms with Crippen LogP contribution in [-0.4, -0.2) is 34.8 Å². The molecule has 0 aliphatic rings. The summed E-state index contributed by atoms with van der Waals surface area (Å²) in [4.78, 5) is 6.26. The lowest BCUT2D eigenvalue weighted by Gasteiger charge is -2.25. The highest BCUT2D eigenvalue weighted by Crippen LogP contribution is 2.38. The molecule has 43 heavy (non-hydrogen) atoms. The molecule has 0 aliphatic carbocycles. The second-order valence-corrected chi connectivity index (χ2v) is 10.2. The summed E-state index contributed by atoms with van der Waals surface area (Å²) in [5, 5.41) is 0. The number of alkyl halides is 3. The summed E-state index contributed by atoms with van der Waals surface area (Å²) in [7, 11) is 1.51. The minimum absolute atomic E-state index is 0.0262. The molecule has 1 aromatic heterocycles. The van der Waals surface area contributed by atoms with Gasteiger partial charge in [-0.15, -0.1) is 0 Å². The van der Waals surface area contributed by atoms with Crippen LogP contribution in [0.4, 0.5) is 13.2 Å². The van der Waals surface area contributed by atoms with Gasteiger partial charge >= 0.3 is 6.18 Å². The predicted octanol–water partition coefficient (Wildman–Crippen LogP) is 8.38. The Kier molecular flexibility index (Phi) is 11.1. The SMILES string of the molecule is CCCCn1c(-c2ccccc2OC)nc(C(F)(F)F)c1CN(Cc1cccc(OCC)c1)Cc1cccc(OCC)c1. The third-order valence-corrected chi connectivity index (χ3v) is 7.03. The molecule has 0 unspecified atom stereocenters. The van der Waals surface area contributed by atoms with Crippen LogP contribution in [0.5, 0.6) is 17.2 Å². The van der Waals surface area contributed by atoms with Crippen molar-refractivity contribution in [2.75, 3.05) is 20.3 Å². The Bertz CT molecular complexity index is 1420. The van der Waals surface area contributed by atoms with Gasteiger partial charge in [-0.05, 0) is 67.8 Å². The Labute approximate surface area is 252 Å². The van der Waals surface area contributed by atoms with Crippen molar-refractivity contribution in [2.45, 2.75) is 66.0 Å². The third kappa shape index (κ3) is 8.32. The lowest BCUT2D eigenvalue weighted by molar-refractivity contribution is -0.141. The van der Waals surface area contributed by atoms with Gasteiger partial charge in [-0.1, -0.05) is 49.7 Å². The van der Waals surface area contributed by atoms with Crippen molar-refractivity contribution >= 4 is 0 Å². The van der Waals surface area contributed by atoms with Gasteiger partial charge in [0.25, 0.3) is 0 Å². The van der Waals surface area contributed by atoms with Crippen LogP contribution in [0.15, 0.2) is 72.8 Å². The summed E-state index contributed by atoms with van der Waals surface area (Å²) in [6.07, 6.45) is -3.11. The molecule has 3 aromatic carbocycles. The molecular weight excluding hydrogens is 555 g/mol. The summed E-state index contributed by atoms with van der Waals surface area (Å²) in [6.45, 7) is 8.13. The number of aromatic nitrogens is 2. The lowest BCUT2D eigenvalue weighted by Crippen LogP contribution is -2.26. The second kappa shape index (κ2) is 15.0. The molecule has 0 radical (unpaired) electrons. The predicted molar refractivity (Wildman–Crippen MR) is 162 cm³/mol. The van der Waals surface area contributed by atoms with Crippen LogP contribution in [0, 0.1) is 0 Å². The number of para-hydroxylation sites is 1. The highest BCUT2D eigenvalue weighted by molar-refractivity contribution is 5.65. The molecule has 0 spiro atoms. The van der Waals surface area contributed by atoms with Crippen molar-refractivity contribution in [3.05, 3.63) is 95.3 Å². The van der Waals surface area contributed by atoms with E-state index in [0.717, 1.165) is 29.0 Å². The summed E-state index contributed by atoms with van der Waals surface area (Å²) in [5.74, 6) is 2.18. The quantitative estimate of drug-likeness (QED) is 0.138. The molecule has 4 aromatic rings. The number of benzene rings is 3. The molecule has 0 saturated carbocycles. The van der Waals surface area contributed by atoms with Crippen molar-refractivity contribution in [1.82, 2.24) is 14.5 Å². The minimum Gasteiger partial charge on any atom is -0.496 e. The van der Waals surface area contributed by atoms with Crippen molar-refractivity contribution in [3.63, 3.8) is 0 Å². The van der Waals surface area contributed by atoms with Gasteiger partial charge in [0, 0.05) is 26.2 Å². The largest absolute Gasteiger partial charge is 0.496 e. The number of imidazole rings is 1. The van der Waals surface area contributed by atoms with Crippen molar-refractivity contribution in [1.29, 1.82) is 0 Å². The van der Waals surface area contributed by atoms with E-state index in [4.69, 9.17) is 14.2 Å². The zero-order valence-corrected chi connectivity index (χ0v) is 25.3. The van der Waals surface area contributed by atoms with Crippen LogP contribution in [0.3, 0.4) is 0 Å². The fraction of sp³-hybridized carbons (Fsp3) is 0.382. The van der Waals surface area contributed by atoms with E-state index in [-0.39, 0.29) is 18.1 Å². The van der Waals surface area contributed by atoms with Crippen molar-refractivity contribution in [2.24, 2.45) is 0 Å². The van der Waals surface area contributed by atoms with E-state index in [1.54, 1.807) is 28.8 Å². The van der Waals surface area contributed by atoms with E-state index in [1.165, 1.54) is 7.11 Å². The molecule has 0 fully saturated rings. The van der Waals surface area contributed by atoms with E-state index >= 15 is 0 Å². The number of hydrogen-bond acceptors (Lipinski definition) is 5. The van der Waals surface area contributed by atoms with E-state index in [9.17, 15) is 13.2 Å². The Morgan fingerprint density at radius 1 is 0.791 bits per heavy atom. The Morgan fingerprint density at radius 2 is 1.40 bits per heavy atom. The maximum absolute atomic E-state index is 14.7. The van der Waals surface area contributed by atoms with Crippen LogP contribution in [0.2, 0.25) is 0 Å². The first-order valence-electron chi connectivity index (χ1n) is 14.7. The number of ether oxygens (including phenoxy) is 3. The summed E-state index contributed by atoms with van der Waals surface area (Å²) < 4.78 is 62.7. The average Bonchev–Trinajstić information content (AvgIpc) is 3.35.